The molecular weight excluding hydrogens is 310 g/mol. The number of anilines is 1. The molecule has 0 aliphatic carbocycles. The predicted octanol–water partition coefficient (Wildman–Crippen LogP) is 2.36. The largest absolute Gasteiger partial charge is 0.353 e. The maximum Gasteiger partial charge on any atom is 0.155 e. The number of hydrogen-bond donors (Lipinski definition) is 0. The average molecular weight is 337 g/mol. The minimum absolute atomic E-state index is 0.643. The first-order valence-electron chi connectivity index (χ1n) is 9.43. The number of aromatic nitrogens is 2. The molecule has 1 atom stereocenters. The fourth-order valence-electron chi connectivity index (χ4n) is 4.04. The minimum Gasteiger partial charge on any atom is -0.353 e. The monoisotopic (exact) mass is 337 g/mol. The Labute approximate surface area is 150 Å². The average Bonchev–Trinajstić information content (AvgIpc) is 3.19. The van der Waals surface area contributed by atoms with Crippen molar-refractivity contribution >= 4 is 5.82 Å². The van der Waals surface area contributed by atoms with Gasteiger partial charge in [-0.2, -0.15) is 0 Å². The molecule has 2 saturated heterocycles. The van der Waals surface area contributed by atoms with Gasteiger partial charge < -0.3 is 9.80 Å². The molecule has 0 amide bonds. The van der Waals surface area contributed by atoms with Crippen LogP contribution in [0.25, 0.3) is 11.3 Å². The molecule has 1 aromatic heterocycles. The smallest absolute Gasteiger partial charge is 0.155 e. The van der Waals surface area contributed by atoms with Gasteiger partial charge in [-0.15, -0.1) is 0 Å². The first-order chi connectivity index (χ1) is 12.3. The van der Waals surface area contributed by atoms with Crippen molar-refractivity contribution in [2.24, 2.45) is 0 Å². The van der Waals surface area contributed by atoms with Crippen molar-refractivity contribution in [1.29, 1.82) is 0 Å². The third-order valence-electron chi connectivity index (χ3n) is 5.56. The van der Waals surface area contributed by atoms with Crippen LogP contribution in [0.1, 0.15) is 13.3 Å². The van der Waals surface area contributed by atoms with Crippen LogP contribution < -0.4 is 4.90 Å². The van der Waals surface area contributed by atoms with E-state index in [1.807, 2.05) is 12.3 Å². The lowest BCUT2D eigenvalue weighted by atomic mass is 10.1. The summed E-state index contributed by atoms with van der Waals surface area (Å²) in [4.78, 5) is 16.9. The molecule has 1 unspecified atom stereocenters. The maximum absolute atomic E-state index is 4.68. The summed E-state index contributed by atoms with van der Waals surface area (Å²) in [7, 11) is 0. The van der Waals surface area contributed by atoms with Crippen LogP contribution in [0.4, 0.5) is 5.82 Å². The van der Waals surface area contributed by atoms with Gasteiger partial charge in [0.2, 0.25) is 0 Å². The van der Waals surface area contributed by atoms with Gasteiger partial charge in [-0.05, 0) is 13.0 Å². The molecule has 132 valence electrons. The van der Waals surface area contributed by atoms with Gasteiger partial charge in [-0.3, -0.25) is 9.88 Å². The molecule has 0 saturated carbocycles. The molecule has 0 spiro atoms. The zero-order valence-corrected chi connectivity index (χ0v) is 15.0. The second kappa shape index (κ2) is 7.50. The number of benzene rings is 1. The van der Waals surface area contributed by atoms with Crippen LogP contribution in [0, 0.1) is 0 Å². The molecule has 4 rings (SSSR count). The third-order valence-corrected chi connectivity index (χ3v) is 5.56. The van der Waals surface area contributed by atoms with Crippen LogP contribution in [0.3, 0.4) is 0 Å². The van der Waals surface area contributed by atoms with Crippen LogP contribution in [-0.4, -0.2) is 71.6 Å². The Morgan fingerprint density at radius 2 is 1.72 bits per heavy atom. The quantitative estimate of drug-likeness (QED) is 0.856. The Morgan fingerprint density at radius 1 is 0.960 bits per heavy atom. The first kappa shape index (κ1) is 16.5. The van der Waals surface area contributed by atoms with Crippen molar-refractivity contribution in [3.05, 3.63) is 42.7 Å². The normalized spacial score (nSPS) is 22.4. The van der Waals surface area contributed by atoms with E-state index in [0.717, 1.165) is 30.2 Å². The Balaban J connectivity index is 1.48. The van der Waals surface area contributed by atoms with E-state index in [4.69, 9.17) is 0 Å². The topological polar surface area (TPSA) is 35.5 Å². The van der Waals surface area contributed by atoms with Crippen molar-refractivity contribution in [3.8, 4) is 11.3 Å². The van der Waals surface area contributed by atoms with Crippen molar-refractivity contribution in [2.75, 3.05) is 50.7 Å². The Bertz CT molecular complexity index is 681. The highest BCUT2D eigenvalue weighted by Gasteiger charge is 2.31. The third kappa shape index (κ3) is 3.53. The van der Waals surface area contributed by atoms with Crippen LogP contribution in [0.2, 0.25) is 0 Å². The molecule has 2 aliphatic heterocycles. The summed E-state index contributed by atoms with van der Waals surface area (Å²) in [6, 6.07) is 11.0. The molecular formula is C20H27N5. The summed E-state index contributed by atoms with van der Waals surface area (Å²) in [6.07, 6.45) is 4.83. The van der Waals surface area contributed by atoms with Gasteiger partial charge in [0, 0.05) is 63.3 Å². The van der Waals surface area contributed by atoms with Crippen molar-refractivity contribution in [2.45, 2.75) is 19.4 Å². The molecule has 2 fully saturated rings. The van der Waals surface area contributed by atoms with E-state index in [1.165, 1.54) is 39.1 Å². The van der Waals surface area contributed by atoms with E-state index in [0.29, 0.717) is 6.04 Å². The van der Waals surface area contributed by atoms with Crippen molar-refractivity contribution < 1.29 is 0 Å². The summed E-state index contributed by atoms with van der Waals surface area (Å²) in [5, 5.41) is 0. The molecule has 3 heterocycles. The van der Waals surface area contributed by atoms with Gasteiger partial charge in [-0.1, -0.05) is 37.3 Å². The van der Waals surface area contributed by atoms with Crippen molar-refractivity contribution in [1.82, 2.24) is 19.8 Å². The maximum atomic E-state index is 4.68. The van der Waals surface area contributed by atoms with Crippen LogP contribution in [0.15, 0.2) is 42.7 Å². The second-order valence-corrected chi connectivity index (χ2v) is 6.95. The highest BCUT2D eigenvalue weighted by Crippen LogP contribution is 2.30. The van der Waals surface area contributed by atoms with Crippen LogP contribution in [-0.2, 0) is 0 Å². The number of piperazine rings is 1. The lowest BCUT2D eigenvalue weighted by Gasteiger charge is -2.37. The summed E-state index contributed by atoms with van der Waals surface area (Å²) >= 11 is 0. The summed E-state index contributed by atoms with van der Waals surface area (Å²) in [5.74, 6) is 1.03. The van der Waals surface area contributed by atoms with Gasteiger partial charge in [0.05, 0.1) is 0 Å². The zero-order valence-electron chi connectivity index (χ0n) is 15.0. The molecule has 1 aromatic carbocycles. The highest BCUT2D eigenvalue weighted by atomic mass is 15.3. The predicted molar refractivity (Wildman–Crippen MR) is 102 cm³/mol. The van der Waals surface area contributed by atoms with E-state index in [9.17, 15) is 0 Å². The number of rotatable bonds is 4. The lowest BCUT2D eigenvalue weighted by molar-refractivity contribution is 0.107. The summed E-state index contributed by atoms with van der Waals surface area (Å²) in [5.41, 5.74) is 2.14. The number of nitrogens with zero attached hydrogens (tertiary/aromatic N) is 5. The summed E-state index contributed by atoms with van der Waals surface area (Å²) < 4.78 is 0. The molecule has 0 N–H and O–H groups in total. The van der Waals surface area contributed by atoms with E-state index in [-0.39, 0.29) is 0 Å². The molecule has 5 heteroatoms. The van der Waals surface area contributed by atoms with E-state index >= 15 is 0 Å². The fraction of sp³-hybridized carbons (Fsp3) is 0.500. The van der Waals surface area contributed by atoms with Gasteiger partial charge in [0.15, 0.2) is 5.82 Å². The van der Waals surface area contributed by atoms with Crippen LogP contribution >= 0.6 is 0 Å². The van der Waals surface area contributed by atoms with Gasteiger partial charge in [-0.25, -0.2) is 4.98 Å². The van der Waals surface area contributed by atoms with Crippen molar-refractivity contribution in [3.63, 3.8) is 0 Å². The van der Waals surface area contributed by atoms with Gasteiger partial charge in [0.1, 0.15) is 5.69 Å². The molecule has 2 aliphatic rings. The Hall–Kier alpha value is -1.98. The van der Waals surface area contributed by atoms with E-state index in [2.05, 4.69) is 55.9 Å². The highest BCUT2D eigenvalue weighted by molar-refractivity contribution is 5.72. The Morgan fingerprint density at radius 3 is 2.48 bits per heavy atom. The van der Waals surface area contributed by atoms with E-state index in [1.54, 1.807) is 6.20 Å². The lowest BCUT2D eigenvalue weighted by Crippen LogP contribution is -2.50. The standard InChI is InChI=1S/C20H27N5/c1-2-23-12-14-24(15-13-23)18-8-11-25(16-18)20-19(21-9-10-22-20)17-6-4-3-5-7-17/h3-7,9-10,18H,2,8,11-16H2,1H3. The van der Waals surface area contributed by atoms with E-state index < -0.39 is 0 Å². The fourth-order valence-corrected chi connectivity index (χ4v) is 4.04. The molecule has 0 bridgehead atoms. The Kier molecular flexibility index (Phi) is 4.95. The molecule has 2 aromatic rings. The molecule has 5 nitrogen and oxygen atoms in total. The van der Waals surface area contributed by atoms with Crippen LogP contribution in [0.5, 0.6) is 0 Å². The number of hydrogen-bond acceptors (Lipinski definition) is 5. The minimum atomic E-state index is 0.643. The second-order valence-electron chi connectivity index (χ2n) is 6.95. The van der Waals surface area contributed by atoms with Gasteiger partial charge in [0.25, 0.3) is 0 Å². The molecule has 0 radical (unpaired) electrons. The van der Waals surface area contributed by atoms with Gasteiger partial charge >= 0.3 is 0 Å². The summed E-state index contributed by atoms with van der Waals surface area (Å²) in [6.45, 7) is 10.3. The first-order valence-corrected chi connectivity index (χ1v) is 9.43. The SMILES string of the molecule is CCN1CCN(C2CCN(c3nccnc3-c3ccccc3)C2)CC1. The molecule has 25 heavy (non-hydrogen) atoms. The number of likely N-dealkylation sites (N-methyl/N-ethyl adjacent to an activating group) is 1. The zero-order chi connectivity index (χ0) is 17.1.